The summed E-state index contributed by atoms with van der Waals surface area (Å²) in [6, 6.07) is 9.26. The first-order valence-corrected chi connectivity index (χ1v) is 11.7. The summed E-state index contributed by atoms with van der Waals surface area (Å²) in [6.07, 6.45) is 3.55. The Morgan fingerprint density at radius 1 is 1.18 bits per heavy atom. The van der Waals surface area contributed by atoms with Gasteiger partial charge in [0.1, 0.15) is 37.7 Å². The van der Waals surface area contributed by atoms with E-state index >= 15 is 0 Å². The SMILES string of the molecule is C[C@@H]1CCC[C@@H](C)N1C(=O)[C@@H](C)[NH+]1CC[NH+](Cc2nc3ccccc3s2)CC1. The van der Waals surface area contributed by atoms with Crippen LogP contribution in [0, 0.1) is 0 Å². The standard InChI is InChI=1S/C22H32N4OS/c1-16-7-6-8-17(2)26(16)22(27)18(3)25-13-11-24(12-14-25)15-21-23-19-9-4-5-10-20(19)28-21/h4-5,9-10,16-18H,6-8,11-15H2,1-3H3/p+2/t16-,17-,18-/m1/s1. The van der Waals surface area contributed by atoms with Crippen LogP contribution in [0.2, 0.25) is 0 Å². The first kappa shape index (κ1) is 19.8. The van der Waals surface area contributed by atoms with Gasteiger partial charge < -0.3 is 14.7 Å². The Balaban J connectivity index is 1.32. The van der Waals surface area contributed by atoms with Crippen LogP contribution in [0.5, 0.6) is 0 Å². The molecular formula is C22H34N4OS+2. The number of hydrogen-bond donors (Lipinski definition) is 2. The van der Waals surface area contributed by atoms with Crippen molar-refractivity contribution in [1.29, 1.82) is 0 Å². The Morgan fingerprint density at radius 2 is 1.86 bits per heavy atom. The molecule has 2 aliphatic rings. The summed E-state index contributed by atoms with van der Waals surface area (Å²) >= 11 is 1.82. The van der Waals surface area contributed by atoms with Crippen molar-refractivity contribution in [3.63, 3.8) is 0 Å². The number of likely N-dealkylation sites (tertiary alicyclic amines) is 1. The number of nitrogens with one attached hydrogen (secondary N) is 2. The molecule has 3 atom stereocenters. The van der Waals surface area contributed by atoms with Crippen LogP contribution in [-0.4, -0.2) is 60.1 Å². The molecule has 2 aliphatic heterocycles. The molecule has 0 unspecified atom stereocenters. The van der Waals surface area contributed by atoms with Gasteiger partial charge in [-0.1, -0.05) is 12.1 Å². The molecule has 0 bridgehead atoms. The average Bonchev–Trinajstić information content (AvgIpc) is 3.10. The largest absolute Gasteiger partial charge is 0.332 e. The van der Waals surface area contributed by atoms with E-state index in [-0.39, 0.29) is 6.04 Å². The molecule has 6 heteroatoms. The molecule has 1 amide bonds. The number of rotatable bonds is 4. The Hall–Kier alpha value is -1.50. The van der Waals surface area contributed by atoms with E-state index in [1.165, 1.54) is 21.0 Å². The van der Waals surface area contributed by atoms with Crippen molar-refractivity contribution in [1.82, 2.24) is 9.88 Å². The molecule has 0 radical (unpaired) electrons. The molecule has 0 saturated carbocycles. The highest BCUT2D eigenvalue weighted by atomic mass is 32.1. The highest BCUT2D eigenvalue weighted by molar-refractivity contribution is 7.18. The predicted octanol–water partition coefficient (Wildman–Crippen LogP) is 0.758. The molecule has 2 fully saturated rings. The molecule has 1 aromatic carbocycles. The van der Waals surface area contributed by atoms with Crippen molar-refractivity contribution in [3.8, 4) is 0 Å². The van der Waals surface area contributed by atoms with E-state index in [2.05, 4.69) is 49.9 Å². The number of nitrogens with zero attached hydrogens (tertiary/aromatic N) is 2. The minimum Gasteiger partial charge on any atom is -0.332 e. The summed E-state index contributed by atoms with van der Waals surface area (Å²) in [5.74, 6) is 0.365. The molecule has 2 aromatic rings. The topological polar surface area (TPSA) is 42.1 Å². The van der Waals surface area contributed by atoms with Crippen molar-refractivity contribution in [2.45, 2.75) is 64.7 Å². The number of thiazole rings is 1. The molecule has 1 aromatic heterocycles. The summed E-state index contributed by atoms with van der Waals surface area (Å²) in [6.45, 7) is 12.0. The predicted molar refractivity (Wildman–Crippen MR) is 114 cm³/mol. The van der Waals surface area contributed by atoms with Gasteiger partial charge in [0.05, 0.1) is 10.2 Å². The number of carbonyl (C=O) groups excluding carboxylic acids is 1. The molecule has 0 aliphatic carbocycles. The number of fused-ring (bicyclic) bond motifs is 1. The van der Waals surface area contributed by atoms with Crippen LogP contribution in [-0.2, 0) is 11.3 Å². The normalized spacial score (nSPS) is 29.8. The van der Waals surface area contributed by atoms with Gasteiger partial charge in [0.25, 0.3) is 5.91 Å². The number of hydrogen-bond acceptors (Lipinski definition) is 3. The molecular weight excluding hydrogens is 368 g/mol. The molecule has 152 valence electrons. The maximum Gasteiger partial charge on any atom is 0.281 e. The Bertz CT molecular complexity index is 771. The number of aromatic nitrogens is 1. The summed E-state index contributed by atoms with van der Waals surface area (Å²) in [5.41, 5.74) is 1.12. The van der Waals surface area contributed by atoms with E-state index in [4.69, 9.17) is 4.98 Å². The van der Waals surface area contributed by atoms with Crippen LogP contribution in [0.4, 0.5) is 0 Å². The molecule has 28 heavy (non-hydrogen) atoms. The number of piperazine rings is 1. The summed E-state index contributed by atoms with van der Waals surface area (Å²) in [7, 11) is 0. The van der Waals surface area contributed by atoms with Crippen LogP contribution >= 0.6 is 11.3 Å². The zero-order valence-corrected chi connectivity index (χ0v) is 18.2. The van der Waals surface area contributed by atoms with Gasteiger partial charge in [-0.3, -0.25) is 4.79 Å². The van der Waals surface area contributed by atoms with Gasteiger partial charge in [-0.2, -0.15) is 0 Å². The van der Waals surface area contributed by atoms with Crippen molar-refractivity contribution < 1.29 is 14.6 Å². The van der Waals surface area contributed by atoms with Crippen LogP contribution in [0.15, 0.2) is 24.3 Å². The Labute approximate surface area is 172 Å². The number of piperidine rings is 1. The first-order valence-electron chi connectivity index (χ1n) is 10.9. The van der Waals surface area contributed by atoms with Gasteiger partial charge in [-0.25, -0.2) is 4.98 Å². The third kappa shape index (κ3) is 4.09. The van der Waals surface area contributed by atoms with Gasteiger partial charge in [0.15, 0.2) is 6.04 Å². The van der Waals surface area contributed by atoms with E-state index in [0.29, 0.717) is 18.0 Å². The molecule has 2 saturated heterocycles. The lowest BCUT2D eigenvalue weighted by atomic mass is 9.96. The monoisotopic (exact) mass is 402 g/mol. The lowest BCUT2D eigenvalue weighted by molar-refractivity contribution is -1.02. The van der Waals surface area contributed by atoms with E-state index in [0.717, 1.165) is 51.1 Å². The van der Waals surface area contributed by atoms with Crippen molar-refractivity contribution in [2.24, 2.45) is 0 Å². The third-order valence-electron chi connectivity index (χ3n) is 6.77. The third-order valence-corrected chi connectivity index (χ3v) is 7.81. The van der Waals surface area contributed by atoms with Crippen LogP contribution < -0.4 is 9.80 Å². The fraction of sp³-hybridized carbons (Fsp3) is 0.636. The van der Waals surface area contributed by atoms with Gasteiger partial charge in [-0.05, 0) is 52.2 Å². The zero-order chi connectivity index (χ0) is 19.7. The lowest BCUT2D eigenvalue weighted by Crippen LogP contribution is -3.29. The highest BCUT2D eigenvalue weighted by Crippen LogP contribution is 2.23. The minimum absolute atomic E-state index is 0.0759. The van der Waals surface area contributed by atoms with Gasteiger partial charge >= 0.3 is 0 Å². The lowest BCUT2D eigenvalue weighted by Gasteiger charge is -2.42. The molecule has 3 heterocycles. The van der Waals surface area contributed by atoms with E-state index in [9.17, 15) is 4.79 Å². The number of carbonyl (C=O) groups is 1. The number of benzene rings is 1. The van der Waals surface area contributed by atoms with Crippen LogP contribution in [0.3, 0.4) is 0 Å². The van der Waals surface area contributed by atoms with Crippen LogP contribution in [0.1, 0.15) is 45.0 Å². The summed E-state index contributed by atoms with van der Waals surface area (Å²) < 4.78 is 1.28. The van der Waals surface area contributed by atoms with Gasteiger partial charge in [0.2, 0.25) is 0 Å². The van der Waals surface area contributed by atoms with Gasteiger partial charge in [0, 0.05) is 12.1 Å². The van der Waals surface area contributed by atoms with Gasteiger partial charge in [-0.15, -0.1) is 11.3 Å². The Kier molecular flexibility index (Phi) is 5.99. The zero-order valence-electron chi connectivity index (χ0n) is 17.4. The second kappa shape index (κ2) is 8.47. The molecule has 5 nitrogen and oxygen atoms in total. The van der Waals surface area contributed by atoms with Crippen LogP contribution in [0.25, 0.3) is 10.2 Å². The molecule has 4 rings (SSSR count). The smallest absolute Gasteiger partial charge is 0.281 e. The van der Waals surface area contributed by atoms with Crippen molar-refractivity contribution >= 4 is 27.5 Å². The fourth-order valence-corrected chi connectivity index (χ4v) is 6.04. The number of amides is 1. The second-order valence-electron chi connectivity index (χ2n) is 8.76. The molecule has 2 N–H and O–H groups in total. The first-order chi connectivity index (χ1) is 13.5. The van der Waals surface area contributed by atoms with Crippen molar-refractivity contribution in [3.05, 3.63) is 29.3 Å². The van der Waals surface area contributed by atoms with E-state index < -0.39 is 0 Å². The quantitative estimate of drug-likeness (QED) is 0.793. The highest BCUT2D eigenvalue weighted by Gasteiger charge is 2.38. The maximum atomic E-state index is 13.2. The summed E-state index contributed by atoms with van der Waals surface area (Å²) in [5, 5.41) is 1.24. The summed E-state index contributed by atoms with van der Waals surface area (Å²) in [4.78, 5) is 23.2. The van der Waals surface area contributed by atoms with E-state index in [1.54, 1.807) is 4.90 Å². The number of quaternary nitrogens is 2. The Morgan fingerprint density at radius 3 is 2.54 bits per heavy atom. The fourth-order valence-electron chi connectivity index (χ4n) is 5.00. The number of para-hydroxylation sites is 1. The molecule has 0 spiro atoms. The minimum atomic E-state index is 0.0759. The second-order valence-corrected chi connectivity index (χ2v) is 9.87. The average molecular weight is 403 g/mol. The van der Waals surface area contributed by atoms with Crippen molar-refractivity contribution in [2.75, 3.05) is 26.2 Å². The maximum absolute atomic E-state index is 13.2. The van der Waals surface area contributed by atoms with E-state index in [1.807, 2.05) is 11.3 Å².